The molecule has 0 spiro atoms. The molecule has 0 bridgehead atoms. The Morgan fingerprint density at radius 1 is 0.204 bits per heavy atom. The third-order valence-corrected chi connectivity index (χ3v) is 16.1. The van der Waals surface area contributed by atoms with E-state index < -0.39 is 0 Å². The van der Waals surface area contributed by atoms with Crippen molar-refractivity contribution in [3.63, 3.8) is 0 Å². The van der Waals surface area contributed by atoms with Crippen LogP contribution in [0.4, 0.5) is 0 Å². The highest BCUT2D eigenvalue weighted by atomic mass is 15.1. The lowest BCUT2D eigenvalue weighted by Gasteiger charge is -2.17. The van der Waals surface area contributed by atoms with E-state index in [1.807, 2.05) is 18.6 Å². The Morgan fingerprint density at radius 2 is 0.581 bits per heavy atom. The lowest BCUT2D eigenvalue weighted by molar-refractivity contribution is 0.694. The largest absolute Gasteiger partial charge is 0.261 e. The molecular formula is C84H147N9. The molecule has 0 aliphatic rings. The number of hydrogen-bond acceptors (Lipinski definition) is 9. The molecular weight excluding hydrogens is 1130 g/mol. The van der Waals surface area contributed by atoms with Gasteiger partial charge in [0, 0.05) is 53.5 Å². The standard InChI is InChI=1S/3C14H23N.3C13H22N2.3CH4/c1-9(2)12-7-14(11(5)6)15-8-13(12)10(3)4;1-9(2)12-7-13(10(3)4)14(11(5)6)15-8-12;1-9(2)12-7-8-13(10(3)4)15-14(12)11(5)6;1-8(2)11-7-14-12(9(3)4)13(15-11)10(5)6;1-8(2)11-7-14-13(10(5)6)15-12(11)9(3)4;1-8(2)11-7-12(9(3)4)14-15-13(11)10(5)6;;;/h3*7-11H,1-6H3;3*7-10H,1-6H3;3*1H4. The molecule has 0 N–H and O–H groups in total. The van der Waals surface area contributed by atoms with E-state index in [-0.39, 0.29) is 22.3 Å². The summed E-state index contributed by atoms with van der Waals surface area (Å²) in [6.45, 7) is 79.2. The molecule has 9 heteroatoms. The summed E-state index contributed by atoms with van der Waals surface area (Å²) < 4.78 is 0. The molecule has 0 saturated heterocycles. The van der Waals surface area contributed by atoms with Crippen molar-refractivity contribution in [2.24, 2.45) is 0 Å². The third-order valence-electron chi connectivity index (χ3n) is 16.1. The van der Waals surface area contributed by atoms with Gasteiger partial charge in [-0.25, -0.2) is 9.97 Å². The second-order valence-electron chi connectivity index (χ2n) is 30.7. The minimum atomic E-state index is 0. The molecule has 0 saturated carbocycles. The highest BCUT2D eigenvalue weighted by Crippen LogP contribution is 2.32. The van der Waals surface area contributed by atoms with E-state index in [1.54, 1.807) is 0 Å². The molecule has 6 rings (SSSR count). The summed E-state index contributed by atoms with van der Waals surface area (Å²) in [5.74, 6) is 10.1. The molecule has 6 aromatic rings. The first-order valence-electron chi connectivity index (χ1n) is 35.2. The van der Waals surface area contributed by atoms with Crippen molar-refractivity contribution in [1.29, 1.82) is 0 Å². The minimum Gasteiger partial charge on any atom is -0.261 e. The predicted octanol–water partition coefficient (Wildman–Crippen LogP) is 26.8. The molecule has 6 heterocycles. The minimum absolute atomic E-state index is 0. The van der Waals surface area contributed by atoms with Gasteiger partial charge in [-0.1, -0.05) is 284 Å². The van der Waals surface area contributed by atoms with E-state index in [0.29, 0.717) is 107 Å². The Balaban J connectivity index is -0.00000104. The molecule has 0 aromatic carbocycles. The summed E-state index contributed by atoms with van der Waals surface area (Å²) in [4.78, 5) is 32.4. The average Bonchev–Trinajstić information content (AvgIpc) is 1.01. The van der Waals surface area contributed by atoms with E-state index in [4.69, 9.17) is 9.97 Å². The highest BCUT2D eigenvalue weighted by Gasteiger charge is 2.20. The van der Waals surface area contributed by atoms with Crippen LogP contribution in [0.15, 0.2) is 55.1 Å². The van der Waals surface area contributed by atoms with Crippen molar-refractivity contribution in [1.82, 2.24) is 45.1 Å². The maximum atomic E-state index is 4.79. The Kier molecular flexibility index (Phi) is 43.2. The fraction of sp³-hybridized carbons (Fsp3) is 0.679. The maximum Gasteiger partial charge on any atom is 0.131 e. The van der Waals surface area contributed by atoms with Gasteiger partial charge in [0.15, 0.2) is 0 Å². The van der Waals surface area contributed by atoms with Crippen LogP contribution in [0.2, 0.25) is 0 Å². The normalized spacial score (nSPS) is 11.4. The first kappa shape index (κ1) is 91.9. The van der Waals surface area contributed by atoms with Crippen molar-refractivity contribution < 1.29 is 0 Å². The van der Waals surface area contributed by atoms with E-state index >= 15 is 0 Å². The van der Waals surface area contributed by atoms with Crippen LogP contribution in [0.25, 0.3) is 0 Å². The van der Waals surface area contributed by atoms with Gasteiger partial charge in [0.2, 0.25) is 0 Å². The molecule has 93 heavy (non-hydrogen) atoms. The lowest BCUT2D eigenvalue weighted by atomic mass is 9.90. The summed E-state index contributed by atoms with van der Waals surface area (Å²) in [5.41, 5.74) is 21.5. The maximum absolute atomic E-state index is 4.79. The molecule has 0 atom stereocenters. The first-order valence-corrected chi connectivity index (χ1v) is 35.2. The summed E-state index contributed by atoms with van der Waals surface area (Å²) >= 11 is 0. The van der Waals surface area contributed by atoms with Gasteiger partial charge in [-0.05, 0) is 158 Å². The van der Waals surface area contributed by atoms with Crippen molar-refractivity contribution in [2.45, 2.75) is 378 Å². The molecule has 9 nitrogen and oxygen atoms in total. The molecule has 0 amide bonds. The van der Waals surface area contributed by atoms with E-state index in [2.05, 4.69) is 321 Å². The van der Waals surface area contributed by atoms with Crippen molar-refractivity contribution >= 4 is 0 Å². The van der Waals surface area contributed by atoms with Crippen molar-refractivity contribution in [3.05, 3.63) is 157 Å². The van der Waals surface area contributed by atoms with Gasteiger partial charge in [-0.3, -0.25) is 24.9 Å². The van der Waals surface area contributed by atoms with Crippen LogP contribution in [0, 0.1) is 0 Å². The number of rotatable bonds is 18. The summed E-state index contributed by atoms with van der Waals surface area (Å²) in [6.07, 6.45) is 8.02. The van der Waals surface area contributed by atoms with E-state index in [9.17, 15) is 0 Å². The topological polar surface area (TPSA) is 116 Å². The second kappa shape index (κ2) is 43.7. The molecule has 0 fully saturated rings. The van der Waals surface area contributed by atoms with E-state index in [0.717, 1.165) is 34.3 Å². The fourth-order valence-electron chi connectivity index (χ4n) is 10.1. The average molecular weight is 1280 g/mol. The Bertz CT molecular complexity index is 2480. The fourth-order valence-corrected chi connectivity index (χ4v) is 10.1. The van der Waals surface area contributed by atoms with Crippen LogP contribution in [0.5, 0.6) is 0 Å². The monoisotopic (exact) mass is 1280 g/mol. The van der Waals surface area contributed by atoms with E-state index in [1.165, 1.54) is 67.4 Å². The van der Waals surface area contributed by atoms with Gasteiger partial charge in [0.25, 0.3) is 0 Å². The van der Waals surface area contributed by atoms with Crippen LogP contribution >= 0.6 is 0 Å². The van der Waals surface area contributed by atoms with Gasteiger partial charge in [-0.2, -0.15) is 10.2 Å². The molecule has 0 radical (unpaired) electrons. The lowest BCUT2D eigenvalue weighted by Crippen LogP contribution is -2.08. The Labute approximate surface area is 577 Å². The number of aromatic nitrogens is 9. The predicted molar refractivity (Wildman–Crippen MR) is 413 cm³/mol. The quantitative estimate of drug-likeness (QED) is 0.0829. The summed E-state index contributed by atoms with van der Waals surface area (Å²) in [5, 5.41) is 8.66. The zero-order valence-corrected chi connectivity index (χ0v) is 64.6. The zero-order chi connectivity index (χ0) is 69.5. The number of nitrogens with zero attached hydrogens (tertiary/aromatic N) is 9. The van der Waals surface area contributed by atoms with Crippen molar-refractivity contribution in [3.8, 4) is 0 Å². The Morgan fingerprint density at radius 3 is 0.968 bits per heavy atom. The van der Waals surface area contributed by atoms with Gasteiger partial charge < -0.3 is 0 Å². The van der Waals surface area contributed by atoms with Crippen LogP contribution in [-0.4, -0.2) is 45.1 Å². The highest BCUT2D eigenvalue weighted by molar-refractivity contribution is 5.34. The molecule has 0 aliphatic carbocycles. The zero-order valence-electron chi connectivity index (χ0n) is 64.6. The summed E-state index contributed by atoms with van der Waals surface area (Å²) in [7, 11) is 0. The van der Waals surface area contributed by atoms with Crippen LogP contribution < -0.4 is 0 Å². The SMILES string of the molecule is C.C.C.CC(C)c1cc(C(C)C)c(C(C)C)cn1.CC(C)c1cc(C(C)C)c(C(C)C)nn1.CC(C)c1ccc(C(C)C)c(C(C)C)n1.CC(C)c1cnc(C(C)C)c(C(C)C)c1.CC(C)c1cnc(C(C)C)c(C(C)C)n1.CC(C)c1ncc(C(C)C)c(C(C)C)n1. The first-order chi connectivity index (χ1) is 41.6. The summed E-state index contributed by atoms with van der Waals surface area (Å²) in [6, 6.07) is 11.3. The number of hydrogen-bond donors (Lipinski definition) is 0. The van der Waals surface area contributed by atoms with Gasteiger partial charge in [0.1, 0.15) is 5.82 Å². The number of pyridine rings is 3. The second-order valence-corrected chi connectivity index (χ2v) is 30.7. The van der Waals surface area contributed by atoms with Gasteiger partial charge in [0.05, 0.1) is 34.2 Å². The van der Waals surface area contributed by atoms with Gasteiger partial charge in [-0.15, -0.1) is 0 Å². The third kappa shape index (κ3) is 29.7. The Hall–Kier alpha value is -5.31. The van der Waals surface area contributed by atoms with Gasteiger partial charge >= 0.3 is 0 Å². The smallest absolute Gasteiger partial charge is 0.131 e. The van der Waals surface area contributed by atoms with Crippen LogP contribution in [-0.2, 0) is 0 Å². The van der Waals surface area contributed by atoms with Crippen LogP contribution in [0.3, 0.4) is 0 Å². The molecule has 6 aromatic heterocycles. The molecule has 528 valence electrons. The molecule has 0 unspecified atom stereocenters. The van der Waals surface area contributed by atoms with Crippen LogP contribution in [0.1, 0.15) is 480 Å². The van der Waals surface area contributed by atoms with Crippen molar-refractivity contribution in [2.75, 3.05) is 0 Å². The molecule has 0 aliphatic heterocycles.